The Hall–Kier alpha value is -3.59. The minimum atomic E-state index is -0.736. The second-order valence-electron chi connectivity index (χ2n) is 5.93. The lowest BCUT2D eigenvalue weighted by Crippen LogP contribution is -2.35. The van der Waals surface area contributed by atoms with Crippen molar-refractivity contribution in [2.24, 2.45) is 5.10 Å². The number of benzene rings is 1. The van der Waals surface area contributed by atoms with Gasteiger partial charge >= 0.3 is 12.0 Å². The first-order chi connectivity index (χ1) is 13.6. The zero-order valence-electron chi connectivity index (χ0n) is 16.2. The predicted molar refractivity (Wildman–Crippen MR) is 108 cm³/mol. The van der Waals surface area contributed by atoms with Gasteiger partial charge in [-0.05, 0) is 31.4 Å². The summed E-state index contributed by atoms with van der Waals surface area (Å²) < 4.78 is 4.44. The highest BCUT2D eigenvalue weighted by Crippen LogP contribution is 2.25. The molecule has 1 aromatic carbocycles. The molecule has 0 fully saturated rings. The van der Waals surface area contributed by atoms with Crippen molar-refractivity contribution in [3.8, 4) is 6.07 Å². The quantitative estimate of drug-likeness (QED) is 0.260. The van der Waals surface area contributed by atoms with Gasteiger partial charge in [0.2, 0.25) is 0 Å². The summed E-state index contributed by atoms with van der Waals surface area (Å²) in [6.45, 7) is 4.35. The molecule has 6 heteroatoms. The number of hydrogen-bond acceptors (Lipinski definition) is 5. The number of methoxy groups -OCH3 is 1. The topological polar surface area (TPSA) is 69.3 Å². The molecule has 1 aliphatic carbocycles. The molecule has 144 valence electrons. The number of rotatable bonds is 5. The number of nitrogens with zero attached hydrogens (tertiary/aromatic N) is 3. The minimum Gasteiger partial charge on any atom is -0.860 e. The van der Waals surface area contributed by atoms with Gasteiger partial charge in [0, 0.05) is 12.1 Å². The molecule has 0 aliphatic heterocycles. The maximum atomic E-state index is 13.3. The number of esters is 1. The van der Waals surface area contributed by atoms with Gasteiger partial charge in [-0.3, -0.25) is 0 Å². The summed E-state index contributed by atoms with van der Waals surface area (Å²) in [5, 5.41) is 17.3. The lowest BCUT2D eigenvalue weighted by molar-refractivity contribution is -0.336. The summed E-state index contributed by atoms with van der Waals surface area (Å²) in [5.41, 5.74) is 1.78. The Morgan fingerprint density at radius 3 is 2.71 bits per heavy atom. The van der Waals surface area contributed by atoms with E-state index in [0.717, 1.165) is 5.56 Å². The average molecular weight is 377 g/mol. The molecular formula is C22H23N3O3. The van der Waals surface area contributed by atoms with Crippen LogP contribution < -0.4 is 5.11 Å². The van der Waals surface area contributed by atoms with Crippen molar-refractivity contribution in [3.05, 3.63) is 88.8 Å². The molecule has 0 saturated carbocycles. The van der Waals surface area contributed by atoms with Gasteiger partial charge in [0.15, 0.2) is 5.71 Å². The smallest absolute Gasteiger partial charge is 0.463 e. The molecule has 0 heterocycles. The average Bonchev–Trinajstić information content (AvgIpc) is 2.74. The molecule has 0 spiro atoms. The van der Waals surface area contributed by atoms with Crippen molar-refractivity contribution in [2.75, 3.05) is 13.7 Å². The largest absolute Gasteiger partial charge is 0.860 e. The number of allylic oxidation sites excluding steroid dienone is 6. The number of hydrogen-bond donors (Lipinski definition) is 0. The van der Waals surface area contributed by atoms with Crippen molar-refractivity contribution in [3.63, 3.8) is 0 Å². The van der Waals surface area contributed by atoms with Crippen LogP contribution in [0.25, 0.3) is 4.95 Å². The summed E-state index contributed by atoms with van der Waals surface area (Å²) in [6, 6.07) is 11.8. The molecule has 2 rings (SSSR count). The van der Waals surface area contributed by atoms with Crippen LogP contribution in [0.15, 0.2) is 83.3 Å². The minimum absolute atomic E-state index is 0.136. The van der Waals surface area contributed by atoms with E-state index in [-0.39, 0.29) is 11.9 Å². The maximum Gasteiger partial charge on any atom is 0.463 e. The van der Waals surface area contributed by atoms with Gasteiger partial charge in [-0.15, -0.1) is 0 Å². The molecule has 1 atom stereocenters. The SMILES string of the molecule is C/C=C/CN(/C([O-])=C1/C=CC=C/C1=N\[N+]#CC(=O)OC)[C@@H](C)c1ccccc1. The lowest BCUT2D eigenvalue weighted by Gasteiger charge is -2.37. The highest BCUT2D eigenvalue weighted by Gasteiger charge is 2.18. The predicted octanol–water partition coefficient (Wildman–Crippen LogP) is 3.19. The third kappa shape index (κ3) is 5.45. The van der Waals surface area contributed by atoms with Crippen LogP contribution in [0.3, 0.4) is 0 Å². The van der Waals surface area contributed by atoms with Gasteiger partial charge in [0.05, 0.1) is 13.2 Å². The van der Waals surface area contributed by atoms with E-state index in [1.165, 1.54) is 7.11 Å². The number of ether oxygens (including phenoxy) is 1. The van der Waals surface area contributed by atoms with Crippen LogP contribution in [0.5, 0.6) is 0 Å². The van der Waals surface area contributed by atoms with Gasteiger partial charge in [-0.25, -0.2) is 4.79 Å². The molecular weight excluding hydrogens is 354 g/mol. The van der Waals surface area contributed by atoms with Crippen LogP contribution in [-0.4, -0.2) is 30.2 Å². The Bertz CT molecular complexity index is 900. The van der Waals surface area contributed by atoms with Crippen LogP contribution in [-0.2, 0) is 9.53 Å². The van der Waals surface area contributed by atoms with Crippen LogP contribution in [0, 0.1) is 6.07 Å². The van der Waals surface area contributed by atoms with Gasteiger partial charge in [-0.1, -0.05) is 60.7 Å². The molecule has 6 nitrogen and oxygen atoms in total. The molecule has 0 amide bonds. The maximum absolute atomic E-state index is 13.3. The molecule has 0 bridgehead atoms. The van der Waals surface area contributed by atoms with Crippen molar-refractivity contribution in [1.82, 2.24) is 4.90 Å². The Morgan fingerprint density at radius 1 is 1.32 bits per heavy atom. The second kappa shape index (κ2) is 10.5. The Kier molecular flexibility index (Phi) is 7.79. The lowest BCUT2D eigenvalue weighted by atomic mass is 10.0. The van der Waals surface area contributed by atoms with Gasteiger partial charge in [0.25, 0.3) is 0 Å². The van der Waals surface area contributed by atoms with E-state index >= 15 is 0 Å². The summed E-state index contributed by atoms with van der Waals surface area (Å²) >= 11 is 0. The Morgan fingerprint density at radius 2 is 2.04 bits per heavy atom. The molecule has 0 N–H and O–H groups in total. The first kappa shape index (κ1) is 20.7. The molecule has 1 aliphatic rings. The molecule has 0 unspecified atom stereocenters. The molecule has 0 radical (unpaired) electrons. The van der Waals surface area contributed by atoms with Gasteiger partial charge < -0.3 is 14.7 Å². The second-order valence-corrected chi connectivity index (χ2v) is 5.93. The highest BCUT2D eigenvalue weighted by atomic mass is 16.5. The van der Waals surface area contributed by atoms with Crippen LogP contribution in [0.2, 0.25) is 0 Å². The zero-order valence-corrected chi connectivity index (χ0v) is 16.2. The summed E-state index contributed by atoms with van der Waals surface area (Å²) in [5.74, 6) is -0.915. The third-order valence-electron chi connectivity index (χ3n) is 4.17. The fourth-order valence-corrected chi connectivity index (χ4v) is 2.61. The van der Waals surface area contributed by atoms with E-state index in [4.69, 9.17) is 0 Å². The van der Waals surface area contributed by atoms with Gasteiger partial charge in [0.1, 0.15) is 10.1 Å². The zero-order chi connectivity index (χ0) is 20.4. The molecule has 0 saturated heterocycles. The summed E-state index contributed by atoms with van der Waals surface area (Å²) in [6.07, 6.45) is 10.7. The highest BCUT2D eigenvalue weighted by molar-refractivity contribution is 6.12. The van der Waals surface area contributed by atoms with E-state index in [1.54, 1.807) is 29.2 Å². The van der Waals surface area contributed by atoms with Crippen LogP contribution in [0.1, 0.15) is 25.5 Å². The normalized spacial score (nSPS) is 17.2. The van der Waals surface area contributed by atoms with Crippen molar-refractivity contribution in [1.29, 1.82) is 0 Å². The van der Waals surface area contributed by atoms with E-state index in [2.05, 4.69) is 20.9 Å². The van der Waals surface area contributed by atoms with Crippen LogP contribution >= 0.6 is 0 Å². The Labute approximate surface area is 165 Å². The van der Waals surface area contributed by atoms with E-state index in [0.29, 0.717) is 17.8 Å². The molecule has 28 heavy (non-hydrogen) atoms. The first-order valence-electron chi connectivity index (χ1n) is 8.89. The van der Waals surface area contributed by atoms with Crippen molar-refractivity contribution >= 4 is 11.7 Å². The van der Waals surface area contributed by atoms with Crippen molar-refractivity contribution < 1.29 is 14.6 Å². The Balaban J connectivity index is 2.44. The monoisotopic (exact) mass is 377 g/mol. The summed E-state index contributed by atoms with van der Waals surface area (Å²) in [4.78, 5) is 16.5. The van der Waals surface area contributed by atoms with E-state index in [1.807, 2.05) is 56.3 Å². The molecule has 1 aromatic rings. The van der Waals surface area contributed by atoms with Gasteiger partial charge in [-0.2, -0.15) is 0 Å². The summed E-state index contributed by atoms with van der Waals surface area (Å²) in [7, 11) is 1.23. The first-order valence-corrected chi connectivity index (χ1v) is 8.89. The van der Waals surface area contributed by atoms with Crippen LogP contribution in [0.4, 0.5) is 0 Å². The number of carbonyl (C=O) groups is 1. The fraction of sp³-hybridized carbons (Fsp3) is 0.227. The third-order valence-corrected chi connectivity index (χ3v) is 4.17. The van der Waals surface area contributed by atoms with Crippen molar-refractivity contribution in [2.45, 2.75) is 19.9 Å². The van der Waals surface area contributed by atoms with E-state index in [9.17, 15) is 9.90 Å². The fourth-order valence-electron chi connectivity index (χ4n) is 2.61. The standard InChI is InChI=1S/C22H23N3O3/c1-4-5-15-25(17(2)18-11-7-6-8-12-18)22(27)19-13-9-10-14-20(19)24-23-16-21(26)28-3/h4-14,17H,15H2,1-3H3/b5-4+/t17-/m0/s1. The van der Waals surface area contributed by atoms with E-state index < -0.39 is 5.97 Å². The number of carbonyl (C=O) groups excluding carboxylic acids is 1. The molecule has 0 aromatic heterocycles.